The van der Waals surface area contributed by atoms with Gasteiger partial charge in [-0.3, -0.25) is 4.79 Å². The molecule has 112 valence electrons. The monoisotopic (exact) mass is 321 g/mol. The van der Waals surface area contributed by atoms with Gasteiger partial charge in [0, 0.05) is 22.8 Å². The number of hydrogen-bond donors (Lipinski definition) is 1. The molecule has 0 unspecified atom stereocenters. The molecule has 0 radical (unpaired) electrons. The Morgan fingerprint density at radius 3 is 2.40 bits per heavy atom. The largest absolute Gasteiger partial charge is 0.326 e. The lowest BCUT2D eigenvalue weighted by Crippen LogP contribution is -2.15. The van der Waals surface area contributed by atoms with Crippen LogP contribution in [0.25, 0.3) is 0 Å². The molecule has 1 aromatic rings. The van der Waals surface area contributed by atoms with Gasteiger partial charge in [0.05, 0.1) is 0 Å². The van der Waals surface area contributed by atoms with E-state index >= 15 is 0 Å². The van der Waals surface area contributed by atoms with Crippen molar-refractivity contribution in [1.29, 1.82) is 0 Å². The van der Waals surface area contributed by atoms with Crippen LogP contribution < -0.4 is 5.32 Å². The number of halogens is 2. The Morgan fingerprint density at radius 1 is 1.35 bits per heavy atom. The SMILES string of the molecule is CC(C)(C)CCC(=O)Nc1ccc(S(=O)(=O)Cl)c(F)c1. The molecule has 1 N–H and O–H groups in total. The molecule has 4 nitrogen and oxygen atoms in total. The number of amides is 1. The third kappa shape index (κ3) is 5.46. The first-order valence-corrected chi connectivity index (χ1v) is 8.34. The van der Waals surface area contributed by atoms with E-state index in [0.29, 0.717) is 12.8 Å². The van der Waals surface area contributed by atoms with Gasteiger partial charge in [-0.2, -0.15) is 0 Å². The maximum atomic E-state index is 13.6. The number of rotatable bonds is 4. The highest BCUT2D eigenvalue weighted by molar-refractivity contribution is 8.13. The first-order valence-electron chi connectivity index (χ1n) is 6.03. The van der Waals surface area contributed by atoms with Crippen LogP contribution in [0.15, 0.2) is 23.1 Å². The Bertz CT molecular complexity index is 609. The van der Waals surface area contributed by atoms with E-state index in [9.17, 15) is 17.6 Å². The van der Waals surface area contributed by atoms with Crippen molar-refractivity contribution in [2.24, 2.45) is 5.41 Å². The molecule has 1 aromatic carbocycles. The van der Waals surface area contributed by atoms with E-state index in [0.717, 1.165) is 12.1 Å². The summed E-state index contributed by atoms with van der Waals surface area (Å²) in [7, 11) is 0.943. The van der Waals surface area contributed by atoms with Gasteiger partial charge in [0.2, 0.25) is 5.91 Å². The average molecular weight is 322 g/mol. The molecule has 7 heteroatoms. The van der Waals surface area contributed by atoms with Gasteiger partial charge in [0.25, 0.3) is 9.05 Å². The first kappa shape index (κ1) is 16.9. The molecule has 0 saturated carbocycles. The lowest BCUT2D eigenvalue weighted by molar-refractivity contribution is -0.116. The Morgan fingerprint density at radius 2 is 1.95 bits per heavy atom. The first-order chi connectivity index (χ1) is 8.99. The summed E-state index contributed by atoms with van der Waals surface area (Å²) >= 11 is 0. The van der Waals surface area contributed by atoms with Crippen molar-refractivity contribution >= 4 is 31.3 Å². The molecule has 0 spiro atoms. The van der Waals surface area contributed by atoms with E-state index < -0.39 is 19.8 Å². The predicted molar refractivity (Wildman–Crippen MR) is 76.8 cm³/mol. The summed E-state index contributed by atoms with van der Waals surface area (Å²) < 4.78 is 35.6. The highest BCUT2D eigenvalue weighted by Crippen LogP contribution is 2.23. The molecule has 0 aromatic heterocycles. The highest BCUT2D eigenvalue weighted by Gasteiger charge is 2.17. The van der Waals surface area contributed by atoms with E-state index in [1.807, 2.05) is 20.8 Å². The van der Waals surface area contributed by atoms with Crippen molar-refractivity contribution in [2.75, 3.05) is 5.32 Å². The Labute approximate surface area is 122 Å². The quantitative estimate of drug-likeness (QED) is 0.863. The van der Waals surface area contributed by atoms with E-state index in [-0.39, 0.29) is 17.0 Å². The Hall–Kier alpha value is -1.14. The Balaban J connectivity index is 2.76. The maximum Gasteiger partial charge on any atom is 0.264 e. The molecule has 1 rings (SSSR count). The van der Waals surface area contributed by atoms with Gasteiger partial charge < -0.3 is 5.32 Å². The summed E-state index contributed by atoms with van der Waals surface area (Å²) in [6.45, 7) is 6.04. The summed E-state index contributed by atoms with van der Waals surface area (Å²) in [6.07, 6.45) is 0.996. The van der Waals surface area contributed by atoms with E-state index in [4.69, 9.17) is 10.7 Å². The fraction of sp³-hybridized carbons (Fsp3) is 0.462. The summed E-state index contributed by atoms with van der Waals surface area (Å²) in [5.74, 6) is -1.24. The molecule has 0 bridgehead atoms. The molecule has 0 atom stereocenters. The number of benzene rings is 1. The van der Waals surface area contributed by atoms with E-state index in [1.54, 1.807) is 0 Å². The van der Waals surface area contributed by atoms with Crippen LogP contribution in [0.2, 0.25) is 0 Å². The summed E-state index contributed by atoms with van der Waals surface area (Å²) in [5, 5.41) is 2.52. The lowest BCUT2D eigenvalue weighted by atomic mass is 9.90. The molecular weight excluding hydrogens is 305 g/mol. The highest BCUT2D eigenvalue weighted by atomic mass is 35.7. The second-order valence-electron chi connectivity index (χ2n) is 5.69. The zero-order valence-corrected chi connectivity index (χ0v) is 13.1. The lowest BCUT2D eigenvalue weighted by Gasteiger charge is -2.17. The normalized spacial score (nSPS) is 12.2. The molecule has 0 saturated heterocycles. The smallest absolute Gasteiger partial charge is 0.264 e. The number of anilines is 1. The maximum absolute atomic E-state index is 13.6. The molecular formula is C13H17ClFNO3S. The van der Waals surface area contributed by atoms with Crippen molar-refractivity contribution in [2.45, 2.75) is 38.5 Å². The van der Waals surface area contributed by atoms with Crippen LogP contribution in [0.4, 0.5) is 10.1 Å². The van der Waals surface area contributed by atoms with Gasteiger partial charge in [-0.15, -0.1) is 0 Å². The number of carbonyl (C=O) groups excluding carboxylic acids is 1. The van der Waals surface area contributed by atoms with Gasteiger partial charge in [-0.25, -0.2) is 12.8 Å². The van der Waals surface area contributed by atoms with Crippen molar-refractivity contribution in [3.8, 4) is 0 Å². The van der Waals surface area contributed by atoms with Crippen molar-refractivity contribution < 1.29 is 17.6 Å². The standard InChI is InChI=1S/C13H17ClFNO3S/c1-13(2,3)7-6-12(17)16-9-4-5-11(10(15)8-9)20(14,18)19/h4-5,8H,6-7H2,1-3H3,(H,16,17). The summed E-state index contributed by atoms with van der Waals surface area (Å²) in [4.78, 5) is 11.1. The van der Waals surface area contributed by atoms with E-state index in [2.05, 4.69) is 5.32 Å². The molecule has 0 aliphatic carbocycles. The van der Waals surface area contributed by atoms with Gasteiger partial charge in [0.1, 0.15) is 10.7 Å². The third-order valence-electron chi connectivity index (χ3n) is 2.58. The topological polar surface area (TPSA) is 63.2 Å². The molecule has 20 heavy (non-hydrogen) atoms. The summed E-state index contributed by atoms with van der Waals surface area (Å²) in [5.41, 5.74) is 0.226. The average Bonchev–Trinajstić information content (AvgIpc) is 2.23. The van der Waals surface area contributed by atoms with E-state index in [1.165, 1.54) is 6.07 Å². The van der Waals surface area contributed by atoms with Crippen LogP contribution in [0.3, 0.4) is 0 Å². The molecule has 0 aliphatic heterocycles. The van der Waals surface area contributed by atoms with Crippen LogP contribution in [0.5, 0.6) is 0 Å². The zero-order chi connectivity index (χ0) is 15.6. The fourth-order valence-corrected chi connectivity index (χ4v) is 2.39. The van der Waals surface area contributed by atoms with Crippen molar-refractivity contribution in [3.63, 3.8) is 0 Å². The van der Waals surface area contributed by atoms with Crippen LogP contribution >= 0.6 is 10.7 Å². The predicted octanol–water partition coefficient (Wildman–Crippen LogP) is 3.52. The summed E-state index contributed by atoms with van der Waals surface area (Å²) in [6, 6.07) is 3.26. The van der Waals surface area contributed by atoms with Crippen LogP contribution in [0.1, 0.15) is 33.6 Å². The fourth-order valence-electron chi connectivity index (χ4n) is 1.49. The Kier molecular flexibility index (Phi) is 5.15. The number of carbonyl (C=O) groups is 1. The van der Waals surface area contributed by atoms with Crippen LogP contribution in [-0.4, -0.2) is 14.3 Å². The van der Waals surface area contributed by atoms with Gasteiger partial charge in [-0.1, -0.05) is 20.8 Å². The van der Waals surface area contributed by atoms with Gasteiger partial charge >= 0.3 is 0 Å². The minimum atomic E-state index is -4.12. The number of nitrogens with one attached hydrogen (secondary N) is 1. The molecule has 1 amide bonds. The second-order valence-corrected chi connectivity index (χ2v) is 8.23. The minimum Gasteiger partial charge on any atom is -0.326 e. The van der Waals surface area contributed by atoms with Gasteiger partial charge in [0.15, 0.2) is 0 Å². The molecule has 0 fully saturated rings. The zero-order valence-electron chi connectivity index (χ0n) is 11.5. The minimum absolute atomic E-state index is 0.0269. The van der Waals surface area contributed by atoms with Crippen LogP contribution in [0, 0.1) is 11.2 Å². The van der Waals surface area contributed by atoms with Crippen molar-refractivity contribution in [3.05, 3.63) is 24.0 Å². The molecule has 0 heterocycles. The third-order valence-corrected chi connectivity index (χ3v) is 3.94. The number of hydrogen-bond acceptors (Lipinski definition) is 3. The van der Waals surface area contributed by atoms with Gasteiger partial charge in [-0.05, 0) is 30.0 Å². The second kappa shape index (κ2) is 6.10. The molecule has 0 aliphatic rings. The van der Waals surface area contributed by atoms with Crippen LogP contribution in [-0.2, 0) is 13.8 Å². The van der Waals surface area contributed by atoms with Crippen molar-refractivity contribution in [1.82, 2.24) is 0 Å².